The van der Waals surface area contributed by atoms with Crippen LogP contribution in [0.1, 0.15) is 36.6 Å². The second-order valence-corrected chi connectivity index (χ2v) is 9.79. The van der Waals surface area contributed by atoms with E-state index in [1.165, 1.54) is 73.7 Å². The van der Waals surface area contributed by atoms with Crippen LogP contribution in [0.2, 0.25) is 0 Å². The van der Waals surface area contributed by atoms with Crippen LogP contribution in [0.4, 0.5) is 0 Å². The molecule has 0 unspecified atom stereocenters. The van der Waals surface area contributed by atoms with Crippen LogP contribution in [0.5, 0.6) is 0 Å². The minimum absolute atomic E-state index is 1.11. The Hall–Kier alpha value is -4.30. The summed E-state index contributed by atoms with van der Waals surface area (Å²) >= 11 is 0. The number of aryl methyl sites for hydroxylation is 2. The quantitative estimate of drug-likeness (QED) is 0.201. The molecule has 6 rings (SSSR count). The molecule has 2 heteroatoms. The molecule has 0 saturated heterocycles. The van der Waals surface area contributed by atoms with E-state index in [-0.39, 0.29) is 0 Å². The number of unbranched alkanes of at least 4 members (excludes halogenated alkanes) is 1. The highest BCUT2D eigenvalue weighted by molar-refractivity contribution is 6.14. The second kappa shape index (κ2) is 9.63. The third-order valence-corrected chi connectivity index (χ3v) is 7.45. The van der Waals surface area contributed by atoms with Gasteiger partial charge < -0.3 is 9.13 Å². The highest BCUT2D eigenvalue weighted by Gasteiger charge is 2.19. The topological polar surface area (TPSA) is 9.86 Å². The van der Waals surface area contributed by atoms with E-state index in [1.807, 2.05) is 12.2 Å². The Morgan fingerprint density at radius 1 is 0.703 bits per heavy atom. The fourth-order valence-electron chi connectivity index (χ4n) is 5.65. The van der Waals surface area contributed by atoms with Crippen molar-refractivity contribution in [1.29, 1.82) is 0 Å². The van der Waals surface area contributed by atoms with Crippen LogP contribution < -0.4 is 0 Å². The minimum Gasteiger partial charge on any atom is -0.310 e. The highest BCUT2D eigenvalue weighted by atomic mass is 15.0. The van der Waals surface area contributed by atoms with E-state index in [0.29, 0.717) is 0 Å². The molecular formula is C35H32N2. The Bertz CT molecular complexity index is 1780. The van der Waals surface area contributed by atoms with Gasteiger partial charge in [-0.05, 0) is 79.4 Å². The van der Waals surface area contributed by atoms with Gasteiger partial charge in [0, 0.05) is 33.2 Å². The lowest BCUT2D eigenvalue weighted by Crippen LogP contribution is -1.98. The first-order valence-electron chi connectivity index (χ1n) is 13.2. The maximum atomic E-state index is 3.93. The normalized spacial score (nSPS) is 11.8. The first kappa shape index (κ1) is 23.1. The van der Waals surface area contributed by atoms with Crippen molar-refractivity contribution in [1.82, 2.24) is 9.13 Å². The fourth-order valence-corrected chi connectivity index (χ4v) is 5.65. The van der Waals surface area contributed by atoms with Gasteiger partial charge in [0.15, 0.2) is 0 Å². The molecule has 0 saturated carbocycles. The zero-order chi connectivity index (χ0) is 25.4. The van der Waals surface area contributed by atoms with Gasteiger partial charge in [-0.1, -0.05) is 80.6 Å². The number of aromatic nitrogens is 2. The Morgan fingerprint density at radius 2 is 1.43 bits per heavy atom. The molecule has 4 aromatic carbocycles. The number of hydrogen-bond acceptors (Lipinski definition) is 0. The van der Waals surface area contributed by atoms with Gasteiger partial charge in [0.1, 0.15) is 0 Å². The number of allylic oxidation sites excluding steroid dienone is 2. The molecule has 37 heavy (non-hydrogen) atoms. The molecule has 182 valence electrons. The molecule has 6 aromatic rings. The molecule has 0 spiro atoms. The predicted molar refractivity (Wildman–Crippen MR) is 160 cm³/mol. The highest BCUT2D eigenvalue weighted by Crippen LogP contribution is 2.38. The summed E-state index contributed by atoms with van der Waals surface area (Å²) in [5, 5.41) is 3.82. The monoisotopic (exact) mass is 480 g/mol. The maximum Gasteiger partial charge on any atom is 0.0548 e. The van der Waals surface area contributed by atoms with Crippen molar-refractivity contribution >= 4 is 38.8 Å². The van der Waals surface area contributed by atoms with Gasteiger partial charge in [0.2, 0.25) is 0 Å². The van der Waals surface area contributed by atoms with Gasteiger partial charge in [-0.2, -0.15) is 0 Å². The third kappa shape index (κ3) is 3.90. The van der Waals surface area contributed by atoms with Gasteiger partial charge in [0.05, 0.1) is 16.6 Å². The number of para-hydroxylation sites is 2. The van der Waals surface area contributed by atoms with Crippen LogP contribution >= 0.6 is 0 Å². The van der Waals surface area contributed by atoms with Crippen LogP contribution in [-0.4, -0.2) is 9.13 Å². The largest absolute Gasteiger partial charge is 0.310 e. The fraction of sp³-hybridized carbons (Fsp3) is 0.143. The van der Waals surface area contributed by atoms with Gasteiger partial charge in [-0.25, -0.2) is 0 Å². The smallest absolute Gasteiger partial charge is 0.0548 e. The lowest BCUT2D eigenvalue weighted by atomic mass is 10.1. The summed E-state index contributed by atoms with van der Waals surface area (Å²) in [5.41, 5.74) is 9.95. The summed E-state index contributed by atoms with van der Waals surface area (Å²) in [6, 6.07) is 33.2. The van der Waals surface area contributed by atoms with Crippen molar-refractivity contribution in [2.45, 2.75) is 33.1 Å². The molecule has 0 aliphatic rings. The predicted octanol–water partition coefficient (Wildman–Crippen LogP) is 9.58. The standard InChI is InChI=1S/C35H32N2/c1-4-6-14-26-15-13-18-28(22-26)37-32(20-7-5-2)25(3)30-23-35-31(24-34(30)37)29-19-11-12-21-33(29)36(35)27-16-9-8-10-17-27/h5,7-13,15-24H,2,4,6,14H2,1,3H3/b20-7-. The second-order valence-electron chi connectivity index (χ2n) is 9.79. The maximum absolute atomic E-state index is 3.93. The first-order chi connectivity index (χ1) is 18.2. The van der Waals surface area contributed by atoms with E-state index in [0.717, 1.165) is 6.42 Å². The Balaban J connectivity index is 1.70. The lowest BCUT2D eigenvalue weighted by Gasteiger charge is -2.12. The van der Waals surface area contributed by atoms with Crippen molar-refractivity contribution < 1.29 is 0 Å². The summed E-state index contributed by atoms with van der Waals surface area (Å²) in [4.78, 5) is 0. The molecule has 0 bridgehead atoms. The van der Waals surface area contributed by atoms with Crippen molar-refractivity contribution in [3.8, 4) is 11.4 Å². The molecule has 0 amide bonds. The van der Waals surface area contributed by atoms with E-state index < -0.39 is 0 Å². The van der Waals surface area contributed by atoms with Crippen LogP contribution in [0.25, 0.3) is 50.2 Å². The van der Waals surface area contributed by atoms with Gasteiger partial charge >= 0.3 is 0 Å². The van der Waals surface area contributed by atoms with Crippen molar-refractivity contribution in [3.05, 3.63) is 127 Å². The van der Waals surface area contributed by atoms with E-state index in [1.54, 1.807) is 0 Å². The summed E-state index contributed by atoms with van der Waals surface area (Å²) in [6.45, 7) is 8.42. The summed E-state index contributed by atoms with van der Waals surface area (Å²) in [7, 11) is 0. The van der Waals surface area contributed by atoms with E-state index in [2.05, 4.69) is 127 Å². The average Bonchev–Trinajstić information content (AvgIpc) is 3.41. The molecule has 0 atom stereocenters. The molecule has 0 aliphatic heterocycles. The van der Waals surface area contributed by atoms with Crippen LogP contribution in [-0.2, 0) is 6.42 Å². The number of benzene rings is 4. The molecule has 2 aromatic heterocycles. The minimum atomic E-state index is 1.11. The third-order valence-electron chi connectivity index (χ3n) is 7.45. The van der Waals surface area contributed by atoms with E-state index in [4.69, 9.17) is 0 Å². The summed E-state index contributed by atoms with van der Waals surface area (Å²) in [6.07, 6.45) is 9.60. The lowest BCUT2D eigenvalue weighted by molar-refractivity contribution is 0.794. The van der Waals surface area contributed by atoms with Crippen LogP contribution in [0, 0.1) is 6.92 Å². The molecule has 0 fully saturated rings. The van der Waals surface area contributed by atoms with Crippen LogP contribution in [0.15, 0.2) is 110 Å². The van der Waals surface area contributed by atoms with Crippen molar-refractivity contribution in [3.63, 3.8) is 0 Å². The Morgan fingerprint density at radius 3 is 2.24 bits per heavy atom. The zero-order valence-electron chi connectivity index (χ0n) is 21.6. The Kier molecular flexibility index (Phi) is 6.02. The first-order valence-corrected chi connectivity index (χ1v) is 13.2. The molecule has 0 aliphatic carbocycles. The van der Waals surface area contributed by atoms with E-state index >= 15 is 0 Å². The number of nitrogens with zero attached hydrogens (tertiary/aromatic N) is 2. The molecule has 0 radical (unpaired) electrons. The summed E-state index contributed by atoms with van der Waals surface area (Å²) in [5.74, 6) is 0. The van der Waals surface area contributed by atoms with Gasteiger partial charge in [-0.3, -0.25) is 0 Å². The number of hydrogen-bond donors (Lipinski definition) is 0. The van der Waals surface area contributed by atoms with Crippen LogP contribution in [0.3, 0.4) is 0 Å². The van der Waals surface area contributed by atoms with Gasteiger partial charge in [0.25, 0.3) is 0 Å². The summed E-state index contributed by atoms with van der Waals surface area (Å²) < 4.78 is 4.82. The van der Waals surface area contributed by atoms with E-state index in [9.17, 15) is 0 Å². The molecule has 0 N–H and O–H groups in total. The number of fused-ring (bicyclic) bond motifs is 4. The van der Waals surface area contributed by atoms with Crippen molar-refractivity contribution in [2.75, 3.05) is 0 Å². The average molecular weight is 481 g/mol. The molecular weight excluding hydrogens is 448 g/mol. The molecule has 2 heterocycles. The number of rotatable bonds is 7. The zero-order valence-corrected chi connectivity index (χ0v) is 21.6. The SMILES string of the molecule is C=C/C=C\c1c(C)c2cc3c(cc2n1-c1cccc(CCCC)c1)c1ccccc1n3-c1ccccc1. The Labute approximate surface area is 218 Å². The van der Waals surface area contributed by atoms with Gasteiger partial charge in [-0.15, -0.1) is 0 Å². The molecule has 2 nitrogen and oxygen atoms in total. The van der Waals surface area contributed by atoms with Crippen molar-refractivity contribution in [2.24, 2.45) is 0 Å².